The van der Waals surface area contributed by atoms with Crippen molar-refractivity contribution in [2.75, 3.05) is 12.9 Å². The summed E-state index contributed by atoms with van der Waals surface area (Å²) in [4.78, 5) is 7.44. The molecule has 1 unspecified atom stereocenters. The van der Waals surface area contributed by atoms with E-state index in [1.54, 1.807) is 36.8 Å². The van der Waals surface area contributed by atoms with Crippen LogP contribution in [0.2, 0.25) is 18.1 Å². The second-order valence-corrected chi connectivity index (χ2v) is 16.3. The SMILES string of the molecule is CC(C)(C)[Si-](C)(C)OCC(Oc1ccc(-c2cnc[nH]2)cc1)c1ccc(S(C)(=O)=O)cc1. The molecule has 1 atom stereocenters. The van der Waals surface area contributed by atoms with Crippen molar-refractivity contribution in [2.45, 2.75) is 49.9 Å². The summed E-state index contributed by atoms with van der Waals surface area (Å²) in [6.07, 6.45) is 4.26. The van der Waals surface area contributed by atoms with E-state index in [-0.39, 0.29) is 16.0 Å². The Balaban J connectivity index is 1.84. The van der Waals surface area contributed by atoms with Gasteiger partial charge in [0.1, 0.15) is 11.9 Å². The first-order chi connectivity index (χ1) is 14.9. The third kappa shape index (κ3) is 5.88. The van der Waals surface area contributed by atoms with Crippen molar-refractivity contribution in [2.24, 2.45) is 0 Å². The molecular formula is C24H32N2O4SSi-. The number of benzene rings is 2. The fourth-order valence-electron chi connectivity index (χ4n) is 2.92. The smallest absolute Gasteiger partial charge is 0.175 e. The summed E-state index contributed by atoms with van der Waals surface area (Å²) in [5.41, 5.74) is 2.82. The summed E-state index contributed by atoms with van der Waals surface area (Å²) in [6, 6.07) is 14.6. The van der Waals surface area contributed by atoms with E-state index in [2.05, 4.69) is 43.8 Å². The van der Waals surface area contributed by atoms with Crippen LogP contribution in [0.3, 0.4) is 0 Å². The zero-order chi connectivity index (χ0) is 23.6. The van der Waals surface area contributed by atoms with E-state index in [0.29, 0.717) is 12.4 Å². The quantitative estimate of drug-likeness (QED) is 0.430. The van der Waals surface area contributed by atoms with Gasteiger partial charge >= 0.3 is 0 Å². The number of aromatic nitrogens is 2. The van der Waals surface area contributed by atoms with Crippen molar-refractivity contribution in [1.82, 2.24) is 9.97 Å². The Morgan fingerprint density at radius 1 is 1.03 bits per heavy atom. The minimum atomic E-state index is -3.26. The highest BCUT2D eigenvalue weighted by Crippen LogP contribution is 2.37. The molecule has 0 aliphatic carbocycles. The van der Waals surface area contributed by atoms with Gasteiger partial charge in [-0.1, -0.05) is 32.9 Å². The molecule has 173 valence electrons. The Kier molecular flexibility index (Phi) is 6.97. The molecule has 0 radical (unpaired) electrons. The minimum absolute atomic E-state index is 0.0728. The second kappa shape index (κ2) is 9.21. The molecule has 0 amide bonds. The van der Waals surface area contributed by atoms with Gasteiger partial charge < -0.3 is 14.1 Å². The van der Waals surface area contributed by atoms with Crippen molar-refractivity contribution in [3.8, 4) is 17.0 Å². The molecule has 0 saturated carbocycles. The van der Waals surface area contributed by atoms with Crippen LogP contribution in [0, 0.1) is 0 Å². The Bertz CT molecular complexity index is 1120. The lowest BCUT2D eigenvalue weighted by Gasteiger charge is -2.49. The zero-order valence-corrected chi connectivity index (χ0v) is 21.4. The second-order valence-electron chi connectivity index (χ2n) is 9.51. The predicted octanol–water partition coefficient (Wildman–Crippen LogP) is 5.62. The standard InChI is InChI=1S/C24H32N2O4SSi/c1-24(2,3)32(5,6)29-16-23(19-9-13-21(14-10-19)31(4,27)28)30-20-11-7-18(8-12-20)22-15-25-17-26-22/h7-15,17,23H,16H2,1-6H3,(H,25,26)/q-1. The number of rotatable bonds is 8. The van der Waals surface area contributed by atoms with Crippen LogP contribution in [-0.4, -0.2) is 39.6 Å². The Labute approximate surface area is 192 Å². The van der Waals surface area contributed by atoms with E-state index in [4.69, 9.17) is 9.16 Å². The van der Waals surface area contributed by atoms with E-state index >= 15 is 0 Å². The summed E-state index contributed by atoms with van der Waals surface area (Å²) in [5, 5.41) is 0.0728. The molecule has 3 aromatic rings. The minimum Gasteiger partial charge on any atom is -0.562 e. The molecule has 1 heterocycles. The van der Waals surface area contributed by atoms with Gasteiger partial charge in [-0.25, -0.2) is 13.4 Å². The van der Waals surface area contributed by atoms with Gasteiger partial charge in [0.25, 0.3) is 0 Å². The molecule has 6 nitrogen and oxygen atoms in total. The van der Waals surface area contributed by atoms with Crippen molar-refractivity contribution in [3.05, 3.63) is 66.6 Å². The van der Waals surface area contributed by atoms with Crippen LogP contribution < -0.4 is 4.74 Å². The highest BCUT2D eigenvalue weighted by atomic mass is 32.2. The number of imidazole rings is 1. The van der Waals surface area contributed by atoms with Crippen LogP contribution >= 0.6 is 0 Å². The van der Waals surface area contributed by atoms with E-state index in [0.717, 1.165) is 16.8 Å². The molecule has 0 fully saturated rings. The van der Waals surface area contributed by atoms with Crippen molar-refractivity contribution in [1.29, 1.82) is 0 Å². The van der Waals surface area contributed by atoms with Gasteiger partial charge in [-0.3, -0.25) is 0 Å². The predicted molar refractivity (Wildman–Crippen MR) is 130 cm³/mol. The first kappa shape index (κ1) is 24.2. The van der Waals surface area contributed by atoms with Gasteiger partial charge in [-0.05, 0) is 55.8 Å². The maximum absolute atomic E-state index is 11.8. The van der Waals surface area contributed by atoms with E-state index in [1.165, 1.54) is 6.26 Å². The van der Waals surface area contributed by atoms with Gasteiger partial charge in [-0.15, -0.1) is 18.1 Å². The van der Waals surface area contributed by atoms with Crippen LogP contribution in [0.15, 0.2) is 66.0 Å². The fourth-order valence-corrected chi connectivity index (χ4v) is 4.55. The number of nitrogens with one attached hydrogen (secondary N) is 1. The summed E-state index contributed by atoms with van der Waals surface area (Å²) in [7, 11) is -5.25. The van der Waals surface area contributed by atoms with Crippen LogP contribution in [0.5, 0.6) is 5.75 Å². The summed E-state index contributed by atoms with van der Waals surface area (Å²) in [5.74, 6) is 0.712. The number of hydrogen-bond acceptors (Lipinski definition) is 5. The molecule has 1 aromatic heterocycles. The Morgan fingerprint density at radius 3 is 2.16 bits per heavy atom. The molecule has 32 heavy (non-hydrogen) atoms. The number of H-pyrrole nitrogens is 1. The number of ether oxygens (including phenoxy) is 1. The maximum atomic E-state index is 11.8. The highest BCUT2D eigenvalue weighted by Gasteiger charge is 2.26. The number of sulfone groups is 1. The molecule has 0 spiro atoms. The Hall–Kier alpha value is -2.42. The lowest BCUT2D eigenvalue weighted by atomic mass is 10.1. The van der Waals surface area contributed by atoms with E-state index in [1.807, 2.05) is 24.3 Å². The molecule has 0 saturated heterocycles. The molecule has 0 aliphatic rings. The van der Waals surface area contributed by atoms with Gasteiger partial charge in [0.05, 0.1) is 23.1 Å². The molecule has 8 heteroatoms. The lowest BCUT2D eigenvalue weighted by Crippen LogP contribution is -2.42. The van der Waals surface area contributed by atoms with Crippen LogP contribution in [0.25, 0.3) is 11.3 Å². The summed E-state index contributed by atoms with van der Waals surface area (Å²) < 4.78 is 36.5. The summed E-state index contributed by atoms with van der Waals surface area (Å²) >= 11 is 0. The summed E-state index contributed by atoms with van der Waals surface area (Å²) in [6.45, 7) is 11.4. The molecular weight excluding hydrogens is 440 g/mol. The lowest BCUT2D eigenvalue weighted by molar-refractivity contribution is 0.121. The molecule has 3 rings (SSSR count). The first-order valence-corrected chi connectivity index (χ1v) is 15.4. The largest absolute Gasteiger partial charge is 0.562 e. The van der Waals surface area contributed by atoms with Crippen molar-refractivity contribution >= 4 is 18.2 Å². The van der Waals surface area contributed by atoms with Crippen LogP contribution in [0.4, 0.5) is 0 Å². The highest BCUT2D eigenvalue weighted by molar-refractivity contribution is 7.90. The van der Waals surface area contributed by atoms with Crippen molar-refractivity contribution < 1.29 is 17.6 Å². The van der Waals surface area contributed by atoms with Gasteiger partial charge in [0, 0.05) is 12.9 Å². The van der Waals surface area contributed by atoms with Gasteiger partial charge in [-0.2, -0.15) is 0 Å². The topological polar surface area (TPSA) is 81.3 Å². The first-order valence-electron chi connectivity index (χ1n) is 10.6. The van der Waals surface area contributed by atoms with Crippen molar-refractivity contribution in [3.63, 3.8) is 0 Å². The average Bonchev–Trinajstić information content (AvgIpc) is 3.25. The number of nitrogens with zero attached hydrogens (tertiary/aromatic N) is 1. The molecule has 1 N–H and O–H groups in total. The molecule has 0 bridgehead atoms. The third-order valence-electron chi connectivity index (χ3n) is 6.02. The van der Waals surface area contributed by atoms with E-state index < -0.39 is 18.2 Å². The maximum Gasteiger partial charge on any atom is 0.175 e. The Morgan fingerprint density at radius 2 is 1.66 bits per heavy atom. The van der Waals surface area contributed by atoms with Gasteiger partial charge in [0.2, 0.25) is 0 Å². The number of aromatic amines is 1. The van der Waals surface area contributed by atoms with Gasteiger partial charge in [0.15, 0.2) is 9.84 Å². The molecule has 2 aromatic carbocycles. The average molecular weight is 473 g/mol. The zero-order valence-electron chi connectivity index (χ0n) is 19.5. The third-order valence-corrected chi connectivity index (χ3v) is 11.7. The normalized spacial score (nSPS) is 13.7. The van der Waals surface area contributed by atoms with E-state index in [9.17, 15) is 8.42 Å². The van der Waals surface area contributed by atoms with Crippen LogP contribution in [0.1, 0.15) is 32.4 Å². The monoisotopic (exact) mass is 472 g/mol. The fraction of sp³-hybridized carbons (Fsp3) is 0.375. The van der Waals surface area contributed by atoms with Crippen LogP contribution in [-0.2, 0) is 14.3 Å². The number of hydrogen-bond donors (Lipinski definition) is 1. The molecule has 0 aliphatic heterocycles.